The number of guanidine groups is 1. The molecule has 7 heteroatoms. The Morgan fingerprint density at radius 1 is 1.19 bits per heavy atom. The van der Waals surface area contributed by atoms with E-state index in [2.05, 4.69) is 62.8 Å². The van der Waals surface area contributed by atoms with Crippen LogP contribution in [0.3, 0.4) is 0 Å². The zero-order valence-corrected chi connectivity index (χ0v) is 16.6. The van der Waals surface area contributed by atoms with Gasteiger partial charge in [-0.05, 0) is 30.4 Å². The molecule has 0 saturated heterocycles. The highest BCUT2D eigenvalue weighted by atomic mass is 32.2. The highest BCUT2D eigenvalue weighted by molar-refractivity contribution is 7.98. The molecule has 2 aromatic rings. The van der Waals surface area contributed by atoms with E-state index in [9.17, 15) is 0 Å². The van der Waals surface area contributed by atoms with Crippen LogP contribution in [0.5, 0.6) is 0 Å². The third-order valence-electron chi connectivity index (χ3n) is 3.98. The van der Waals surface area contributed by atoms with Crippen LogP contribution in [0.15, 0.2) is 41.7 Å². The van der Waals surface area contributed by atoms with Crippen molar-refractivity contribution >= 4 is 17.7 Å². The van der Waals surface area contributed by atoms with Crippen LogP contribution in [-0.2, 0) is 19.4 Å². The molecule has 0 aliphatic rings. The lowest BCUT2D eigenvalue weighted by molar-refractivity contribution is 0.631. The predicted octanol–water partition coefficient (Wildman–Crippen LogP) is 2.37. The van der Waals surface area contributed by atoms with Crippen LogP contribution >= 0.6 is 11.8 Å². The zero-order valence-electron chi connectivity index (χ0n) is 15.8. The SMILES string of the molecule is CCc1nncn1CCNC(=NCCCSC)NCCc1ccccc1. The monoisotopic (exact) mass is 374 g/mol. The molecule has 0 fully saturated rings. The number of aromatic nitrogens is 3. The highest BCUT2D eigenvalue weighted by Crippen LogP contribution is 1.99. The Labute approximate surface area is 160 Å². The quantitative estimate of drug-likeness (QED) is 0.359. The zero-order chi connectivity index (χ0) is 18.5. The highest BCUT2D eigenvalue weighted by Gasteiger charge is 2.03. The first-order valence-corrected chi connectivity index (χ1v) is 10.6. The Morgan fingerprint density at radius 3 is 2.77 bits per heavy atom. The third kappa shape index (κ3) is 7.47. The van der Waals surface area contributed by atoms with Crippen molar-refractivity contribution in [2.24, 2.45) is 4.99 Å². The van der Waals surface area contributed by atoms with Gasteiger partial charge in [-0.3, -0.25) is 4.99 Å². The Hall–Kier alpha value is -2.02. The van der Waals surface area contributed by atoms with Crippen molar-refractivity contribution in [3.05, 3.63) is 48.0 Å². The van der Waals surface area contributed by atoms with E-state index in [1.54, 1.807) is 6.33 Å². The molecule has 0 spiro atoms. The molecule has 0 bridgehead atoms. The van der Waals surface area contributed by atoms with E-state index in [4.69, 9.17) is 4.99 Å². The van der Waals surface area contributed by atoms with Crippen LogP contribution in [0.25, 0.3) is 0 Å². The summed E-state index contributed by atoms with van der Waals surface area (Å²) in [7, 11) is 0. The minimum Gasteiger partial charge on any atom is -0.356 e. The lowest BCUT2D eigenvalue weighted by atomic mass is 10.1. The molecule has 1 aromatic heterocycles. The minimum absolute atomic E-state index is 0.796. The van der Waals surface area contributed by atoms with Crippen molar-refractivity contribution < 1.29 is 0 Å². The first-order valence-electron chi connectivity index (χ1n) is 9.25. The first-order chi connectivity index (χ1) is 12.8. The average Bonchev–Trinajstić information content (AvgIpc) is 3.13. The number of rotatable bonds is 11. The topological polar surface area (TPSA) is 67.1 Å². The summed E-state index contributed by atoms with van der Waals surface area (Å²) in [6.07, 6.45) is 6.89. The van der Waals surface area contributed by atoms with Gasteiger partial charge in [0.25, 0.3) is 0 Å². The molecule has 1 aromatic carbocycles. The summed E-state index contributed by atoms with van der Waals surface area (Å²) < 4.78 is 2.09. The summed E-state index contributed by atoms with van der Waals surface area (Å²) in [4.78, 5) is 4.69. The molecule has 0 aliphatic carbocycles. The van der Waals surface area contributed by atoms with Gasteiger partial charge >= 0.3 is 0 Å². The third-order valence-corrected chi connectivity index (χ3v) is 4.68. The van der Waals surface area contributed by atoms with E-state index >= 15 is 0 Å². The van der Waals surface area contributed by atoms with Crippen molar-refractivity contribution in [1.29, 1.82) is 0 Å². The van der Waals surface area contributed by atoms with E-state index in [0.717, 1.165) is 63.0 Å². The molecule has 0 amide bonds. The van der Waals surface area contributed by atoms with Crippen LogP contribution in [0.1, 0.15) is 24.7 Å². The second-order valence-electron chi connectivity index (χ2n) is 5.96. The van der Waals surface area contributed by atoms with Crippen molar-refractivity contribution in [3.8, 4) is 0 Å². The van der Waals surface area contributed by atoms with Crippen LogP contribution in [0, 0.1) is 0 Å². The molecule has 0 radical (unpaired) electrons. The Morgan fingerprint density at radius 2 is 2.00 bits per heavy atom. The largest absolute Gasteiger partial charge is 0.356 e. The summed E-state index contributed by atoms with van der Waals surface area (Å²) in [5.41, 5.74) is 1.33. The fourth-order valence-corrected chi connectivity index (χ4v) is 3.00. The van der Waals surface area contributed by atoms with E-state index in [1.165, 1.54) is 5.56 Å². The van der Waals surface area contributed by atoms with E-state index in [1.807, 2.05) is 17.8 Å². The lowest BCUT2D eigenvalue weighted by Crippen LogP contribution is -2.40. The first kappa shape index (κ1) is 20.3. The molecule has 0 aliphatic heterocycles. The summed E-state index contributed by atoms with van der Waals surface area (Å²) in [5, 5.41) is 15.0. The number of benzene rings is 1. The number of aliphatic imine (C=N–C) groups is 1. The summed E-state index contributed by atoms with van der Waals surface area (Å²) in [6.45, 7) is 5.43. The number of hydrogen-bond acceptors (Lipinski definition) is 4. The molecular formula is C19H30N6S. The van der Waals surface area contributed by atoms with Crippen molar-refractivity contribution in [2.45, 2.75) is 32.7 Å². The summed E-state index contributed by atoms with van der Waals surface area (Å²) >= 11 is 1.86. The smallest absolute Gasteiger partial charge is 0.191 e. The normalized spacial score (nSPS) is 11.5. The van der Waals surface area contributed by atoms with Crippen molar-refractivity contribution in [1.82, 2.24) is 25.4 Å². The Bertz CT molecular complexity index is 640. The Kier molecular flexibility index (Phi) is 9.64. The molecule has 0 saturated carbocycles. The number of thioether (sulfide) groups is 1. The van der Waals surface area contributed by atoms with Gasteiger partial charge in [-0.1, -0.05) is 37.3 Å². The van der Waals surface area contributed by atoms with Gasteiger partial charge in [0, 0.05) is 32.6 Å². The maximum Gasteiger partial charge on any atom is 0.191 e. The summed E-state index contributed by atoms with van der Waals surface area (Å²) in [6, 6.07) is 10.5. The maximum absolute atomic E-state index is 4.69. The van der Waals surface area contributed by atoms with Gasteiger partial charge in [0.1, 0.15) is 12.2 Å². The molecule has 0 atom stereocenters. The van der Waals surface area contributed by atoms with Crippen molar-refractivity contribution in [3.63, 3.8) is 0 Å². The molecular weight excluding hydrogens is 344 g/mol. The van der Waals surface area contributed by atoms with Crippen LogP contribution in [-0.4, -0.2) is 52.4 Å². The molecule has 2 rings (SSSR count). The average molecular weight is 375 g/mol. The van der Waals surface area contributed by atoms with E-state index in [-0.39, 0.29) is 0 Å². The molecule has 26 heavy (non-hydrogen) atoms. The predicted molar refractivity (Wildman–Crippen MR) is 111 cm³/mol. The number of nitrogens with zero attached hydrogens (tertiary/aromatic N) is 4. The van der Waals surface area contributed by atoms with E-state index < -0.39 is 0 Å². The fraction of sp³-hybridized carbons (Fsp3) is 0.526. The van der Waals surface area contributed by atoms with Gasteiger partial charge < -0.3 is 15.2 Å². The molecule has 0 unspecified atom stereocenters. The number of hydrogen-bond donors (Lipinski definition) is 2. The minimum atomic E-state index is 0.796. The number of nitrogens with one attached hydrogen (secondary N) is 2. The van der Waals surface area contributed by atoms with Crippen molar-refractivity contribution in [2.75, 3.05) is 31.6 Å². The number of aryl methyl sites for hydroxylation is 1. The van der Waals surface area contributed by atoms with Gasteiger partial charge in [-0.25, -0.2) is 0 Å². The van der Waals surface area contributed by atoms with Gasteiger partial charge in [0.15, 0.2) is 5.96 Å². The fourth-order valence-electron chi connectivity index (χ4n) is 2.58. The molecule has 1 heterocycles. The summed E-state index contributed by atoms with van der Waals surface area (Å²) in [5.74, 6) is 3.04. The van der Waals surface area contributed by atoms with Gasteiger partial charge in [0.2, 0.25) is 0 Å². The van der Waals surface area contributed by atoms with Gasteiger partial charge in [-0.2, -0.15) is 11.8 Å². The molecule has 2 N–H and O–H groups in total. The second-order valence-corrected chi connectivity index (χ2v) is 6.95. The van der Waals surface area contributed by atoms with Gasteiger partial charge in [0.05, 0.1) is 0 Å². The van der Waals surface area contributed by atoms with Gasteiger partial charge in [-0.15, -0.1) is 10.2 Å². The second kappa shape index (κ2) is 12.4. The Balaban J connectivity index is 1.80. The molecule has 6 nitrogen and oxygen atoms in total. The standard InChI is InChI=1S/C19H30N6S/c1-3-18-24-23-16-25(18)14-13-22-19(20-11-7-15-26-2)21-12-10-17-8-5-4-6-9-17/h4-6,8-9,16H,3,7,10-15H2,1-2H3,(H2,20,21,22). The van der Waals surface area contributed by atoms with E-state index in [0.29, 0.717) is 0 Å². The maximum atomic E-state index is 4.69. The molecule has 142 valence electrons. The van der Waals surface area contributed by atoms with Crippen LogP contribution < -0.4 is 10.6 Å². The van der Waals surface area contributed by atoms with Crippen LogP contribution in [0.2, 0.25) is 0 Å². The van der Waals surface area contributed by atoms with Crippen LogP contribution in [0.4, 0.5) is 0 Å². The lowest BCUT2D eigenvalue weighted by Gasteiger charge is -2.13.